The standard InChI is InChI=1S/C65H62BN3O/c1-40-31-57-61-58(32-40)69(54-37-50-48(33-41(54)2)62(3,4)29-30-63(50,5)6)56-38-51-49(64(7,8)39-65(51,9)10)36-53(56)66(61)52-28-26-44(67(42-19-13-11-14-20-42)43-21-15-12-16-22-43)34-55(52)68(57)45-25-27-47-46-23-17-18-24-59(46)70-60(47)35-45/h11-28,31-38H,29-30,39H2,1-10H3. The summed E-state index contributed by atoms with van der Waals surface area (Å²) in [6, 6.07) is 59.5. The number of benzene rings is 8. The summed E-state index contributed by atoms with van der Waals surface area (Å²) < 4.78 is 6.69. The molecule has 2 aliphatic carbocycles. The van der Waals surface area contributed by atoms with Crippen molar-refractivity contribution in [2.24, 2.45) is 0 Å². The van der Waals surface area contributed by atoms with Gasteiger partial charge in [-0.05, 0) is 183 Å². The Bertz CT molecular complexity index is 3600. The predicted octanol–water partition coefficient (Wildman–Crippen LogP) is 16.1. The molecule has 0 saturated heterocycles. The van der Waals surface area contributed by atoms with E-state index in [9.17, 15) is 0 Å². The maximum atomic E-state index is 6.69. The van der Waals surface area contributed by atoms with E-state index in [4.69, 9.17) is 4.42 Å². The van der Waals surface area contributed by atoms with Crippen molar-refractivity contribution in [1.82, 2.24) is 0 Å². The van der Waals surface area contributed by atoms with Crippen molar-refractivity contribution in [2.45, 2.75) is 110 Å². The second-order valence-corrected chi connectivity index (χ2v) is 23.7. The molecule has 0 saturated carbocycles. The normalized spacial score (nSPS) is 17.5. The highest BCUT2D eigenvalue weighted by Crippen LogP contribution is 2.55. The second kappa shape index (κ2) is 14.8. The SMILES string of the molecule is Cc1cc2c3c(c1)N(c1cc4c(cc1C)C(C)(C)CCC4(C)C)c1cc4c(cc1B3c1ccc(N(c3ccccc3)c3ccccc3)cc1N2c1ccc2c(c1)oc1ccccc12)C(C)(C)CC4(C)C. The van der Waals surface area contributed by atoms with Gasteiger partial charge in [0.05, 0.1) is 0 Å². The fourth-order valence-corrected chi connectivity index (χ4v) is 13.7. The van der Waals surface area contributed by atoms with Crippen LogP contribution in [-0.4, -0.2) is 6.71 Å². The highest BCUT2D eigenvalue weighted by atomic mass is 16.3. The van der Waals surface area contributed by atoms with Gasteiger partial charge >= 0.3 is 0 Å². The average molecular weight is 912 g/mol. The van der Waals surface area contributed by atoms with Crippen LogP contribution in [0.25, 0.3) is 21.9 Å². The highest BCUT2D eigenvalue weighted by molar-refractivity contribution is 7.00. The monoisotopic (exact) mass is 911 g/mol. The zero-order valence-corrected chi connectivity index (χ0v) is 42.5. The van der Waals surface area contributed by atoms with Crippen LogP contribution in [0, 0.1) is 13.8 Å². The Morgan fingerprint density at radius 2 is 1.00 bits per heavy atom. The first-order chi connectivity index (χ1) is 33.5. The van der Waals surface area contributed by atoms with Crippen LogP contribution in [0.3, 0.4) is 0 Å². The molecule has 13 rings (SSSR count). The summed E-state index contributed by atoms with van der Waals surface area (Å²) >= 11 is 0. The second-order valence-electron chi connectivity index (χ2n) is 23.7. The van der Waals surface area contributed by atoms with Gasteiger partial charge in [-0.15, -0.1) is 0 Å². The lowest BCUT2D eigenvalue weighted by molar-refractivity contribution is 0.332. The molecule has 0 radical (unpaired) electrons. The summed E-state index contributed by atoms with van der Waals surface area (Å²) in [5.41, 5.74) is 25.1. The van der Waals surface area contributed by atoms with E-state index in [1.165, 1.54) is 91.0 Å². The fraction of sp³-hybridized carbons (Fsp3) is 0.262. The van der Waals surface area contributed by atoms with Crippen LogP contribution in [0.4, 0.5) is 51.2 Å². The zero-order valence-electron chi connectivity index (χ0n) is 42.5. The third-order valence-electron chi connectivity index (χ3n) is 17.0. The Labute approximate surface area is 414 Å². The van der Waals surface area contributed by atoms with Gasteiger partial charge in [0.1, 0.15) is 11.2 Å². The first kappa shape index (κ1) is 43.1. The van der Waals surface area contributed by atoms with E-state index in [-0.39, 0.29) is 28.4 Å². The van der Waals surface area contributed by atoms with Crippen molar-refractivity contribution in [2.75, 3.05) is 14.7 Å². The summed E-state index contributed by atoms with van der Waals surface area (Å²) in [5, 5.41) is 2.26. The Balaban J connectivity index is 1.13. The molecule has 70 heavy (non-hydrogen) atoms. The molecule has 8 aromatic carbocycles. The van der Waals surface area contributed by atoms with Gasteiger partial charge in [-0.1, -0.05) is 128 Å². The number of hydrogen-bond acceptors (Lipinski definition) is 4. The van der Waals surface area contributed by atoms with E-state index in [0.717, 1.165) is 51.1 Å². The molecular formula is C65H62BN3O. The number of para-hydroxylation sites is 3. The van der Waals surface area contributed by atoms with E-state index in [0.29, 0.717) is 0 Å². The lowest BCUT2D eigenvalue weighted by Crippen LogP contribution is -2.61. The first-order valence-corrected chi connectivity index (χ1v) is 25.5. The number of nitrogens with zero attached hydrogens (tertiary/aromatic N) is 3. The molecule has 2 aliphatic heterocycles. The summed E-state index contributed by atoms with van der Waals surface area (Å²) in [7, 11) is 0. The number of furan rings is 1. The maximum absolute atomic E-state index is 6.69. The molecule has 4 aliphatic rings. The minimum atomic E-state index is -0.0212. The van der Waals surface area contributed by atoms with Crippen molar-refractivity contribution in [3.8, 4) is 0 Å². The number of anilines is 9. The predicted molar refractivity (Wildman–Crippen MR) is 298 cm³/mol. The number of hydrogen-bond donors (Lipinski definition) is 0. The van der Waals surface area contributed by atoms with Gasteiger partial charge in [0.15, 0.2) is 0 Å². The lowest BCUT2D eigenvalue weighted by atomic mass is 9.33. The van der Waals surface area contributed by atoms with Gasteiger partial charge in [-0.3, -0.25) is 0 Å². The quantitative estimate of drug-likeness (QED) is 0.161. The molecule has 0 bridgehead atoms. The Hall–Kier alpha value is -6.98. The highest BCUT2D eigenvalue weighted by Gasteiger charge is 2.49. The van der Waals surface area contributed by atoms with E-state index in [1.54, 1.807) is 0 Å². The minimum absolute atomic E-state index is 0.0212. The molecule has 0 spiro atoms. The summed E-state index contributed by atoms with van der Waals surface area (Å²) in [6.07, 6.45) is 3.46. The smallest absolute Gasteiger partial charge is 0.252 e. The Morgan fingerprint density at radius 1 is 0.443 bits per heavy atom. The largest absolute Gasteiger partial charge is 0.456 e. The van der Waals surface area contributed by atoms with E-state index >= 15 is 0 Å². The van der Waals surface area contributed by atoms with Crippen LogP contribution < -0.4 is 31.1 Å². The molecule has 0 N–H and O–H groups in total. The van der Waals surface area contributed by atoms with Crippen LogP contribution in [0.5, 0.6) is 0 Å². The van der Waals surface area contributed by atoms with Crippen molar-refractivity contribution in [3.63, 3.8) is 0 Å². The van der Waals surface area contributed by atoms with Gasteiger partial charge in [0.25, 0.3) is 6.71 Å². The third-order valence-corrected chi connectivity index (χ3v) is 17.0. The molecule has 5 heteroatoms. The van der Waals surface area contributed by atoms with Crippen molar-refractivity contribution < 1.29 is 4.42 Å². The van der Waals surface area contributed by atoms with Gasteiger partial charge in [0, 0.05) is 68.0 Å². The maximum Gasteiger partial charge on any atom is 0.252 e. The van der Waals surface area contributed by atoms with Crippen molar-refractivity contribution in [1.29, 1.82) is 0 Å². The van der Waals surface area contributed by atoms with E-state index in [2.05, 4.69) is 242 Å². The van der Waals surface area contributed by atoms with E-state index in [1.807, 2.05) is 0 Å². The summed E-state index contributed by atoms with van der Waals surface area (Å²) in [4.78, 5) is 7.64. The first-order valence-electron chi connectivity index (χ1n) is 25.5. The molecule has 346 valence electrons. The molecule has 3 heterocycles. The van der Waals surface area contributed by atoms with Crippen LogP contribution in [0.1, 0.15) is 108 Å². The average Bonchev–Trinajstić information content (AvgIpc) is 3.79. The zero-order chi connectivity index (χ0) is 48.2. The Kier molecular flexibility index (Phi) is 9.09. The molecule has 0 fully saturated rings. The number of fused-ring (bicyclic) bond motifs is 9. The van der Waals surface area contributed by atoms with Gasteiger partial charge in [-0.2, -0.15) is 0 Å². The molecule has 1 aromatic heterocycles. The fourth-order valence-electron chi connectivity index (χ4n) is 13.7. The van der Waals surface area contributed by atoms with Gasteiger partial charge in [-0.25, -0.2) is 0 Å². The molecule has 0 unspecified atom stereocenters. The third kappa shape index (κ3) is 6.29. The molecule has 0 amide bonds. The van der Waals surface area contributed by atoms with Crippen LogP contribution in [-0.2, 0) is 21.7 Å². The Morgan fingerprint density at radius 3 is 1.69 bits per heavy atom. The minimum Gasteiger partial charge on any atom is -0.456 e. The molecular weight excluding hydrogens is 850 g/mol. The number of aryl methyl sites for hydroxylation is 2. The van der Waals surface area contributed by atoms with Crippen LogP contribution >= 0.6 is 0 Å². The topological polar surface area (TPSA) is 22.9 Å². The summed E-state index contributed by atoms with van der Waals surface area (Å²) in [5.74, 6) is 0. The van der Waals surface area contributed by atoms with Crippen LogP contribution in [0.2, 0.25) is 0 Å². The lowest BCUT2D eigenvalue weighted by Gasteiger charge is -2.46. The molecule has 0 atom stereocenters. The molecule has 9 aromatic rings. The van der Waals surface area contributed by atoms with Crippen molar-refractivity contribution in [3.05, 3.63) is 191 Å². The van der Waals surface area contributed by atoms with Crippen LogP contribution in [0.15, 0.2) is 162 Å². The van der Waals surface area contributed by atoms with Crippen molar-refractivity contribution >= 4 is 96.2 Å². The molecule has 4 nitrogen and oxygen atoms in total. The van der Waals surface area contributed by atoms with Gasteiger partial charge in [0.2, 0.25) is 0 Å². The number of rotatable bonds is 5. The van der Waals surface area contributed by atoms with Gasteiger partial charge < -0.3 is 19.1 Å². The van der Waals surface area contributed by atoms with E-state index < -0.39 is 0 Å². The summed E-state index contributed by atoms with van der Waals surface area (Å²) in [6.45, 7) is 24.3.